The zero-order valence-corrected chi connectivity index (χ0v) is 20.6. The number of hydrogen-bond donors (Lipinski definition) is 3. The summed E-state index contributed by atoms with van der Waals surface area (Å²) in [4.78, 5) is 12.2. The van der Waals surface area contributed by atoms with Crippen molar-refractivity contribution in [1.29, 1.82) is 0 Å². The summed E-state index contributed by atoms with van der Waals surface area (Å²) in [5.41, 5.74) is 3.61. The lowest BCUT2D eigenvalue weighted by Crippen LogP contribution is -2.32. The van der Waals surface area contributed by atoms with Crippen LogP contribution in [0.2, 0.25) is 0 Å². The lowest BCUT2D eigenvalue weighted by atomic mass is 10.1. The predicted octanol–water partition coefficient (Wildman–Crippen LogP) is 4.64. The van der Waals surface area contributed by atoms with Gasteiger partial charge in [-0.05, 0) is 85.2 Å². The summed E-state index contributed by atoms with van der Waals surface area (Å²) < 4.78 is 33.3. The maximum Gasteiger partial charge on any atom is 0.261 e. The summed E-state index contributed by atoms with van der Waals surface area (Å²) in [7, 11) is -2.17. The van der Waals surface area contributed by atoms with Gasteiger partial charge in [0.15, 0.2) is 5.11 Å². The van der Waals surface area contributed by atoms with E-state index in [1.807, 2.05) is 44.2 Å². The number of nitrogens with one attached hydrogen (secondary N) is 3. The van der Waals surface area contributed by atoms with Gasteiger partial charge in [-0.15, -0.1) is 0 Å². The van der Waals surface area contributed by atoms with Crippen molar-refractivity contribution in [1.82, 2.24) is 5.32 Å². The van der Waals surface area contributed by atoms with Crippen LogP contribution in [0.4, 0.5) is 11.4 Å². The topological polar surface area (TPSA) is 96.5 Å². The van der Waals surface area contributed by atoms with Crippen molar-refractivity contribution in [3.05, 3.63) is 89.5 Å². The Labute approximate surface area is 204 Å². The first-order valence-corrected chi connectivity index (χ1v) is 12.2. The van der Waals surface area contributed by atoms with Gasteiger partial charge in [-0.1, -0.05) is 30.3 Å². The predicted molar refractivity (Wildman–Crippen MR) is 140 cm³/mol. The van der Waals surface area contributed by atoms with E-state index in [0.29, 0.717) is 11.4 Å². The molecule has 0 aromatic heterocycles. The molecule has 0 saturated heterocycles. The van der Waals surface area contributed by atoms with Crippen LogP contribution >= 0.6 is 12.2 Å². The van der Waals surface area contributed by atoms with Crippen molar-refractivity contribution < 1.29 is 17.9 Å². The van der Waals surface area contributed by atoms with E-state index in [4.69, 9.17) is 17.0 Å². The van der Waals surface area contributed by atoms with Crippen LogP contribution in [-0.4, -0.2) is 26.5 Å². The fraction of sp³-hybridized carbons (Fsp3) is 0.120. The second-order valence-corrected chi connectivity index (χ2v) is 9.54. The second-order valence-electron chi connectivity index (χ2n) is 7.45. The summed E-state index contributed by atoms with van der Waals surface area (Å²) in [6.07, 6.45) is 3.02. The third kappa shape index (κ3) is 6.66. The Bertz CT molecular complexity index is 1300. The van der Waals surface area contributed by atoms with Crippen LogP contribution < -0.4 is 20.1 Å². The van der Waals surface area contributed by atoms with Crippen LogP contribution in [0.5, 0.6) is 5.75 Å². The number of sulfonamides is 1. The Morgan fingerprint density at radius 3 is 2.15 bits per heavy atom. The quantitative estimate of drug-likeness (QED) is 0.326. The van der Waals surface area contributed by atoms with Gasteiger partial charge in [0, 0.05) is 11.8 Å². The highest BCUT2D eigenvalue weighted by Crippen LogP contribution is 2.24. The number of rotatable bonds is 7. The lowest BCUT2D eigenvalue weighted by Gasteiger charge is -2.14. The van der Waals surface area contributed by atoms with E-state index in [1.54, 1.807) is 37.5 Å². The van der Waals surface area contributed by atoms with Gasteiger partial charge in [0.2, 0.25) is 5.91 Å². The molecule has 3 aromatic carbocycles. The molecule has 0 radical (unpaired) electrons. The van der Waals surface area contributed by atoms with Crippen LogP contribution in [0.3, 0.4) is 0 Å². The van der Waals surface area contributed by atoms with Gasteiger partial charge in [0.05, 0.1) is 17.7 Å². The maximum absolute atomic E-state index is 12.8. The average molecular weight is 496 g/mol. The highest BCUT2D eigenvalue weighted by molar-refractivity contribution is 7.92. The zero-order chi connectivity index (χ0) is 24.7. The fourth-order valence-electron chi connectivity index (χ4n) is 3.09. The molecule has 0 atom stereocenters. The monoisotopic (exact) mass is 495 g/mol. The third-order valence-electron chi connectivity index (χ3n) is 4.92. The molecule has 0 aliphatic heterocycles. The van der Waals surface area contributed by atoms with Crippen LogP contribution in [-0.2, 0) is 14.8 Å². The van der Waals surface area contributed by atoms with Gasteiger partial charge in [0.1, 0.15) is 5.75 Å². The number of ether oxygens (including phenoxy) is 1. The number of anilines is 2. The average Bonchev–Trinajstić information content (AvgIpc) is 2.81. The van der Waals surface area contributed by atoms with E-state index in [-0.39, 0.29) is 10.0 Å². The molecule has 3 aromatic rings. The first-order chi connectivity index (χ1) is 16.2. The molecule has 176 valence electrons. The van der Waals surface area contributed by atoms with Crippen LogP contribution in [0, 0.1) is 13.8 Å². The van der Waals surface area contributed by atoms with Crippen LogP contribution in [0.1, 0.15) is 16.7 Å². The minimum absolute atomic E-state index is 0.0913. The normalized spacial score (nSPS) is 11.1. The van der Waals surface area contributed by atoms with E-state index in [2.05, 4.69) is 15.4 Å². The molecule has 3 rings (SSSR count). The maximum atomic E-state index is 12.8. The molecule has 9 heteroatoms. The third-order valence-corrected chi connectivity index (χ3v) is 6.49. The fourth-order valence-corrected chi connectivity index (χ4v) is 4.51. The van der Waals surface area contributed by atoms with Crippen molar-refractivity contribution in [2.24, 2.45) is 0 Å². The summed E-state index contributed by atoms with van der Waals surface area (Å²) in [6.45, 7) is 3.69. The van der Waals surface area contributed by atoms with E-state index >= 15 is 0 Å². The Kier molecular flexibility index (Phi) is 8.04. The molecule has 0 aliphatic rings. The number of benzene rings is 3. The minimum atomic E-state index is -3.76. The Hall–Kier alpha value is -3.69. The Morgan fingerprint density at radius 2 is 1.56 bits per heavy atom. The van der Waals surface area contributed by atoms with Gasteiger partial charge < -0.3 is 10.1 Å². The number of amides is 1. The Balaban J connectivity index is 1.58. The molecule has 0 spiro atoms. The number of methoxy groups -OCH3 is 1. The summed E-state index contributed by atoms with van der Waals surface area (Å²) in [6, 6.07) is 18.9. The minimum Gasteiger partial charge on any atom is -0.497 e. The number of para-hydroxylation sites is 1. The Morgan fingerprint density at radius 1 is 0.941 bits per heavy atom. The first-order valence-electron chi connectivity index (χ1n) is 10.3. The van der Waals surface area contributed by atoms with E-state index in [0.717, 1.165) is 22.4 Å². The van der Waals surface area contributed by atoms with Crippen LogP contribution in [0.25, 0.3) is 6.08 Å². The molecule has 0 saturated carbocycles. The van der Waals surface area contributed by atoms with Crippen molar-refractivity contribution in [2.75, 3.05) is 17.1 Å². The zero-order valence-electron chi connectivity index (χ0n) is 19.0. The highest BCUT2D eigenvalue weighted by atomic mass is 32.2. The van der Waals surface area contributed by atoms with Crippen molar-refractivity contribution in [3.8, 4) is 5.75 Å². The largest absolute Gasteiger partial charge is 0.497 e. The molecule has 0 heterocycles. The summed E-state index contributed by atoms with van der Waals surface area (Å²) in [5, 5.41) is 5.51. The molecule has 3 N–H and O–H groups in total. The van der Waals surface area contributed by atoms with Gasteiger partial charge in [0.25, 0.3) is 10.0 Å². The van der Waals surface area contributed by atoms with Gasteiger partial charge >= 0.3 is 0 Å². The first kappa shape index (κ1) is 24.9. The number of hydrogen-bond acceptors (Lipinski definition) is 5. The summed E-state index contributed by atoms with van der Waals surface area (Å²) >= 11 is 5.17. The number of carbonyl (C=O) groups excluding carboxylic acids is 1. The molecule has 0 unspecified atom stereocenters. The van der Waals surface area contributed by atoms with Crippen molar-refractivity contribution in [3.63, 3.8) is 0 Å². The van der Waals surface area contributed by atoms with Gasteiger partial charge in [-0.2, -0.15) is 0 Å². The summed E-state index contributed by atoms with van der Waals surface area (Å²) in [5.74, 6) is 0.331. The number of carbonyl (C=O) groups is 1. The molecule has 0 fully saturated rings. The lowest BCUT2D eigenvalue weighted by molar-refractivity contribution is -0.115. The molecular weight excluding hydrogens is 470 g/mol. The molecule has 34 heavy (non-hydrogen) atoms. The molecule has 0 bridgehead atoms. The van der Waals surface area contributed by atoms with E-state index < -0.39 is 15.9 Å². The van der Waals surface area contributed by atoms with Crippen molar-refractivity contribution >= 4 is 50.7 Å². The van der Waals surface area contributed by atoms with Gasteiger partial charge in [-0.3, -0.25) is 14.8 Å². The molecule has 7 nitrogen and oxygen atoms in total. The smallest absolute Gasteiger partial charge is 0.261 e. The van der Waals surface area contributed by atoms with E-state index in [9.17, 15) is 13.2 Å². The molecule has 0 aliphatic carbocycles. The van der Waals surface area contributed by atoms with Crippen molar-refractivity contribution in [2.45, 2.75) is 18.7 Å². The molecule has 1 amide bonds. The second kappa shape index (κ2) is 11.0. The van der Waals surface area contributed by atoms with E-state index in [1.165, 1.54) is 18.2 Å². The molecular formula is C25H25N3O4S2. The standard InChI is InChI=1S/C25H25N3O4S2/c1-17-5-4-6-18(2)24(17)28-34(30,31)22-14-10-20(11-15-22)26-25(33)27-23(29)16-9-19-7-12-21(32-3)13-8-19/h4-16,28H,1-3H3,(H2,26,27,29,33)/b16-9+. The number of aryl methyl sites for hydroxylation is 2. The highest BCUT2D eigenvalue weighted by Gasteiger charge is 2.16. The van der Waals surface area contributed by atoms with Gasteiger partial charge in [-0.25, -0.2) is 8.42 Å². The SMILES string of the molecule is COc1ccc(/C=C/C(=O)NC(=S)Nc2ccc(S(=O)(=O)Nc3c(C)cccc3C)cc2)cc1. The number of thiocarbonyl (C=S) groups is 1. The van der Waals surface area contributed by atoms with Crippen LogP contribution in [0.15, 0.2) is 77.7 Å².